The first-order chi connectivity index (χ1) is 6.45. The molecule has 0 fully saturated rings. The van der Waals surface area contributed by atoms with Crippen molar-refractivity contribution in [3.05, 3.63) is 28.2 Å². The zero-order chi connectivity index (χ0) is 10.8. The van der Waals surface area contributed by atoms with Gasteiger partial charge in [0.2, 0.25) is 0 Å². The molecule has 0 saturated carbocycles. The van der Waals surface area contributed by atoms with Gasteiger partial charge in [-0.05, 0) is 18.2 Å². The lowest BCUT2D eigenvalue weighted by Crippen LogP contribution is -2.04. The molecule has 0 bridgehead atoms. The van der Waals surface area contributed by atoms with Crippen LogP contribution in [0.4, 0.5) is 0 Å². The van der Waals surface area contributed by atoms with Crippen LogP contribution in [0, 0.1) is 12.3 Å². The first-order valence-corrected chi connectivity index (χ1v) is 5.99. The van der Waals surface area contributed by atoms with Crippen molar-refractivity contribution in [1.82, 2.24) is 0 Å². The summed E-state index contributed by atoms with van der Waals surface area (Å²) in [5.41, 5.74) is 0. The lowest BCUT2D eigenvalue weighted by molar-refractivity contribution is 0.599. The number of benzene rings is 1. The van der Waals surface area contributed by atoms with Crippen LogP contribution in [-0.4, -0.2) is 14.2 Å². The van der Waals surface area contributed by atoms with Gasteiger partial charge in [0, 0.05) is 10.0 Å². The number of halogens is 2. The van der Waals surface area contributed by atoms with Crippen molar-refractivity contribution in [1.29, 1.82) is 0 Å². The molecule has 0 amide bonds. The molecule has 0 saturated heterocycles. The lowest BCUT2D eigenvalue weighted by Gasteiger charge is -2.01. The van der Waals surface area contributed by atoms with Crippen molar-refractivity contribution >= 4 is 33.0 Å². The maximum atomic E-state index is 11.5. The monoisotopic (exact) mass is 248 g/mol. The number of terminal acetylenes is 1. The average molecular weight is 249 g/mol. The van der Waals surface area contributed by atoms with Crippen molar-refractivity contribution in [3.8, 4) is 12.3 Å². The van der Waals surface area contributed by atoms with E-state index >= 15 is 0 Å². The minimum atomic E-state index is -3.46. The second-order valence-corrected chi connectivity index (χ2v) is 5.43. The van der Waals surface area contributed by atoms with Gasteiger partial charge in [-0.25, -0.2) is 8.42 Å². The predicted octanol–water partition coefficient (Wildman–Crippen LogP) is 2.40. The first kappa shape index (κ1) is 11.4. The number of sulfone groups is 1. The van der Waals surface area contributed by atoms with E-state index < -0.39 is 9.84 Å². The van der Waals surface area contributed by atoms with Crippen LogP contribution >= 0.6 is 23.2 Å². The van der Waals surface area contributed by atoms with Gasteiger partial charge in [-0.3, -0.25) is 0 Å². The van der Waals surface area contributed by atoms with Gasteiger partial charge in [0.1, 0.15) is 5.75 Å². The summed E-state index contributed by atoms with van der Waals surface area (Å²) >= 11 is 11.3. The van der Waals surface area contributed by atoms with E-state index in [0.717, 1.165) is 0 Å². The summed E-state index contributed by atoms with van der Waals surface area (Å²) in [6.07, 6.45) is 4.93. The summed E-state index contributed by atoms with van der Waals surface area (Å²) in [5.74, 6) is 1.71. The zero-order valence-corrected chi connectivity index (χ0v) is 9.33. The topological polar surface area (TPSA) is 34.1 Å². The SMILES string of the molecule is C#CCS(=O)(=O)c1cc(Cl)cc(Cl)c1. The molecule has 1 rings (SSSR count). The summed E-state index contributed by atoms with van der Waals surface area (Å²) in [6, 6.07) is 4.10. The highest BCUT2D eigenvalue weighted by Crippen LogP contribution is 2.22. The first-order valence-electron chi connectivity index (χ1n) is 3.58. The zero-order valence-electron chi connectivity index (χ0n) is 7.00. The Balaban J connectivity index is 3.28. The Morgan fingerprint density at radius 1 is 1.21 bits per heavy atom. The fraction of sp³-hybridized carbons (Fsp3) is 0.111. The normalized spacial score (nSPS) is 10.9. The summed E-state index contributed by atoms with van der Waals surface area (Å²) < 4.78 is 23.0. The van der Waals surface area contributed by atoms with E-state index in [-0.39, 0.29) is 20.7 Å². The Labute approximate surface area is 92.8 Å². The largest absolute Gasteiger partial charge is 0.223 e. The molecule has 0 radical (unpaired) electrons. The molecular weight excluding hydrogens is 243 g/mol. The van der Waals surface area contributed by atoms with Gasteiger partial charge in [0.15, 0.2) is 9.84 Å². The van der Waals surface area contributed by atoms with E-state index in [0.29, 0.717) is 0 Å². The highest BCUT2D eigenvalue weighted by atomic mass is 35.5. The molecule has 0 aliphatic rings. The number of rotatable bonds is 2. The minimum Gasteiger partial charge on any atom is -0.223 e. The van der Waals surface area contributed by atoms with Gasteiger partial charge < -0.3 is 0 Å². The highest BCUT2D eigenvalue weighted by Gasteiger charge is 2.13. The maximum Gasteiger partial charge on any atom is 0.189 e. The van der Waals surface area contributed by atoms with E-state index in [1.54, 1.807) is 0 Å². The Hall–Kier alpha value is -0.690. The van der Waals surface area contributed by atoms with Crippen molar-refractivity contribution in [2.75, 3.05) is 5.75 Å². The molecule has 0 aromatic heterocycles. The summed E-state index contributed by atoms with van der Waals surface area (Å²) in [5, 5.41) is 0.543. The van der Waals surface area contributed by atoms with Gasteiger partial charge in [0.25, 0.3) is 0 Å². The molecule has 0 heterocycles. The van der Waals surface area contributed by atoms with Crippen LogP contribution in [0.15, 0.2) is 23.1 Å². The van der Waals surface area contributed by atoms with E-state index in [9.17, 15) is 8.42 Å². The fourth-order valence-corrected chi connectivity index (χ4v) is 2.56. The lowest BCUT2D eigenvalue weighted by atomic mass is 10.4. The molecule has 0 aliphatic carbocycles. The third kappa shape index (κ3) is 2.65. The number of hydrogen-bond donors (Lipinski definition) is 0. The molecule has 2 nitrogen and oxygen atoms in total. The van der Waals surface area contributed by atoms with E-state index in [4.69, 9.17) is 29.6 Å². The fourth-order valence-electron chi connectivity index (χ4n) is 0.901. The van der Waals surface area contributed by atoms with Crippen LogP contribution in [0.2, 0.25) is 10.0 Å². The predicted molar refractivity (Wildman–Crippen MR) is 57.3 cm³/mol. The molecule has 1 aromatic carbocycles. The Morgan fingerprint density at radius 3 is 2.14 bits per heavy atom. The molecule has 0 N–H and O–H groups in total. The van der Waals surface area contributed by atoms with Crippen LogP contribution in [-0.2, 0) is 9.84 Å². The molecule has 0 atom stereocenters. The van der Waals surface area contributed by atoms with Crippen LogP contribution in [0.5, 0.6) is 0 Å². The van der Waals surface area contributed by atoms with Crippen molar-refractivity contribution < 1.29 is 8.42 Å². The molecule has 0 spiro atoms. The van der Waals surface area contributed by atoms with Gasteiger partial charge in [-0.1, -0.05) is 29.1 Å². The van der Waals surface area contributed by atoms with Crippen LogP contribution in [0.25, 0.3) is 0 Å². The highest BCUT2D eigenvalue weighted by molar-refractivity contribution is 7.91. The second kappa shape index (κ2) is 4.22. The quantitative estimate of drug-likeness (QED) is 0.754. The Kier molecular flexibility index (Phi) is 3.43. The molecule has 5 heteroatoms. The Morgan fingerprint density at radius 2 is 1.71 bits per heavy atom. The summed E-state index contributed by atoms with van der Waals surface area (Å²) in [7, 11) is -3.46. The van der Waals surface area contributed by atoms with E-state index in [1.807, 2.05) is 0 Å². The molecule has 0 unspecified atom stereocenters. The van der Waals surface area contributed by atoms with Crippen molar-refractivity contribution in [3.63, 3.8) is 0 Å². The van der Waals surface area contributed by atoms with E-state index in [2.05, 4.69) is 5.92 Å². The molecule has 74 valence electrons. The van der Waals surface area contributed by atoms with Gasteiger partial charge >= 0.3 is 0 Å². The molecule has 0 aliphatic heterocycles. The second-order valence-electron chi connectivity index (χ2n) is 2.57. The van der Waals surface area contributed by atoms with Crippen LogP contribution < -0.4 is 0 Å². The van der Waals surface area contributed by atoms with Crippen molar-refractivity contribution in [2.45, 2.75) is 4.90 Å². The molecular formula is C9H6Cl2O2S. The van der Waals surface area contributed by atoms with Crippen molar-refractivity contribution in [2.24, 2.45) is 0 Å². The minimum absolute atomic E-state index is 0.0490. The van der Waals surface area contributed by atoms with Crippen LogP contribution in [0.3, 0.4) is 0 Å². The average Bonchev–Trinajstić information content (AvgIpc) is 2.02. The van der Waals surface area contributed by atoms with Gasteiger partial charge in [0.05, 0.1) is 4.90 Å². The van der Waals surface area contributed by atoms with Crippen LogP contribution in [0.1, 0.15) is 0 Å². The smallest absolute Gasteiger partial charge is 0.189 e. The summed E-state index contributed by atoms with van der Waals surface area (Å²) in [4.78, 5) is 0.0490. The van der Waals surface area contributed by atoms with Gasteiger partial charge in [-0.2, -0.15) is 0 Å². The Bertz CT molecular complexity index is 466. The maximum absolute atomic E-state index is 11.5. The standard InChI is InChI=1S/C9H6Cl2O2S/c1-2-3-14(12,13)9-5-7(10)4-8(11)6-9/h1,4-6H,3H2. The third-order valence-electron chi connectivity index (χ3n) is 1.47. The number of hydrogen-bond acceptors (Lipinski definition) is 2. The van der Waals surface area contributed by atoms with E-state index in [1.165, 1.54) is 18.2 Å². The van der Waals surface area contributed by atoms with Gasteiger partial charge in [-0.15, -0.1) is 6.42 Å². The summed E-state index contributed by atoms with van der Waals surface area (Å²) in [6.45, 7) is 0. The molecule has 14 heavy (non-hydrogen) atoms. The molecule has 1 aromatic rings. The third-order valence-corrected chi connectivity index (χ3v) is 3.41.